The zero-order chi connectivity index (χ0) is 5.98. The van der Waals surface area contributed by atoms with Crippen molar-refractivity contribution in [2.45, 2.75) is 6.92 Å². The molecule has 0 radical (unpaired) electrons. The Balaban J connectivity index is 0.000000640. The quantitative estimate of drug-likeness (QED) is 0.583. The first-order valence-corrected chi connectivity index (χ1v) is 2.45. The van der Waals surface area contributed by atoms with Gasteiger partial charge in [0.05, 0.1) is 0 Å². The number of hydrogen-bond donors (Lipinski definition) is 1. The van der Waals surface area contributed by atoms with E-state index in [2.05, 4.69) is 4.98 Å². The Morgan fingerprint density at radius 1 is 1.56 bits per heavy atom. The zero-order valence-corrected chi connectivity index (χ0v) is 5.87. The van der Waals surface area contributed by atoms with Gasteiger partial charge in [-0.2, -0.15) is 0 Å². The van der Waals surface area contributed by atoms with Crippen LogP contribution in [0, 0.1) is 6.92 Å². The SMILES string of the molecule is Cc1ccc[nH]c1=O.Cl. The summed E-state index contributed by atoms with van der Waals surface area (Å²) in [4.78, 5) is 13.1. The van der Waals surface area contributed by atoms with Gasteiger partial charge in [0.25, 0.3) is 5.56 Å². The average molecular weight is 146 g/mol. The predicted molar refractivity (Wildman–Crippen MR) is 39.0 cm³/mol. The first kappa shape index (κ1) is 8.24. The fraction of sp³-hybridized carbons (Fsp3) is 0.167. The summed E-state index contributed by atoms with van der Waals surface area (Å²) < 4.78 is 0. The molecular formula is C6H8ClNO. The van der Waals surface area contributed by atoms with Crippen molar-refractivity contribution in [2.24, 2.45) is 0 Å². The first-order chi connectivity index (χ1) is 3.80. The lowest BCUT2D eigenvalue weighted by Gasteiger charge is -1.83. The van der Waals surface area contributed by atoms with Crippen LogP contribution in [0.3, 0.4) is 0 Å². The van der Waals surface area contributed by atoms with E-state index >= 15 is 0 Å². The highest BCUT2D eigenvalue weighted by Crippen LogP contribution is 1.81. The Hall–Kier alpha value is -0.760. The summed E-state index contributed by atoms with van der Waals surface area (Å²) in [5, 5.41) is 0. The number of aromatic amines is 1. The van der Waals surface area contributed by atoms with E-state index in [0.717, 1.165) is 5.56 Å². The molecule has 0 aromatic carbocycles. The molecule has 0 fully saturated rings. The molecule has 0 aliphatic heterocycles. The maximum atomic E-state index is 10.6. The van der Waals surface area contributed by atoms with Gasteiger partial charge in [-0.05, 0) is 13.0 Å². The molecule has 0 amide bonds. The van der Waals surface area contributed by atoms with Gasteiger partial charge in [-0.15, -0.1) is 12.4 Å². The van der Waals surface area contributed by atoms with E-state index in [1.807, 2.05) is 0 Å². The first-order valence-electron chi connectivity index (χ1n) is 2.45. The van der Waals surface area contributed by atoms with Crippen LogP contribution in [0.2, 0.25) is 0 Å². The molecule has 0 unspecified atom stereocenters. The maximum absolute atomic E-state index is 10.6. The third-order valence-electron chi connectivity index (χ3n) is 1.02. The van der Waals surface area contributed by atoms with Crippen molar-refractivity contribution < 1.29 is 0 Å². The second-order valence-corrected chi connectivity index (χ2v) is 1.68. The molecule has 0 aliphatic carbocycles. The fourth-order valence-corrected chi connectivity index (χ4v) is 0.506. The molecule has 9 heavy (non-hydrogen) atoms. The van der Waals surface area contributed by atoms with E-state index in [4.69, 9.17) is 0 Å². The van der Waals surface area contributed by atoms with Crippen LogP contribution in [0.4, 0.5) is 0 Å². The van der Waals surface area contributed by atoms with Gasteiger partial charge >= 0.3 is 0 Å². The monoisotopic (exact) mass is 145 g/mol. The smallest absolute Gasteiger partial charge is 0.250 e. The Morgan fingerprint density at radius 2 is 2.22 bits per heavy atom. The molecule has 0 atom stereocenters. The van der Waals surface area contributed by atoms with Crippen LogP contribution in [0.1, 0.15) is 5.56 Å². The van der Waals surface area contributed by atoms with Crippen LogP contribution in [0.15, 0.2) is 23.1 Å². The van der Waals surface area contributed by atoms with Crippen LogP contribution in [0.5, 0.6) is 0 Å². The summed E-state index contributed by atoms with van der Waals surface area (Å²) in [7, 11) is 0. The van der Waals surface area contributed by atoms with E-state index in [1.54, 1.807) is 25.3 Å². The normalized spacial score (nSPS) is 8.11. The summed E-state index contributed by atoms with van der Waals surface area (Å²) in [6.45, 7) is 1.78. The molecular weight excluding hydrogens is 138 g/mol. The third kappa shape index (κ3) is 1.90. The highest BCUT2D eigenvalue weighted by Gasteiger charge is 1.83. The molecule has 0 bridgehead atoms. The van der Waals surface area contributed by atoms with E-state index in [0.29, 0.717) is 0 Å². The molecule has 1 rings (SSSR count). The van der Waals surface area contributed by atoms with Crippen LogP contribution in [0.25, 0.3) is 0 Å². The van der Waals surface area contributed by atoms with Crippen molar-refractivity contribution in [3.8, 4) is 0 Å². The summed E-state index contributed by atoms with van der Waals surface area (Å²) in [5.74, 6) is 0. The molecule has 1 aromatic rings. The summed E-state index contributed by atoms with van der Waals surface area (Å²) in [5.41, 5.74) is 0.750. The Labute approximate surface area is 59.3 Å². The molecule has 0 spiro atoms. The minimum absolute atomic E-state index is 0. The molecule has 1 aromatic heterocycles. The lowest BCUT2D eigenvalue weighted by molar-refractivity contribution is 1.18. The molecule has 0 aliphatic rings. The van der Waals surface area contributed by atoms with Gasteiger partial charge in [-0.3, -0.25) is 4.79 Å². The van der Waals surface area contributed by atoms with Gasteiger partial charge in [0.2, 0.25) is 0 Å². The van der Waals surface area contributed by atoms with Gasteiger partial charge in [-0.25, -0.2) is 0 Å². The van der Waals surface area contributed by atoms with Crippen molar-refractivity contribution in [3.05, 3.63) is 34.2 Å². The van der Waals surface area contributed by atoms with Gasteiger partial charge < -0.3 is 4.98 Å². The van der Waals surface area contributed by atoms with Gasteiger partial charge in [-0.1, -0.05) is 6.07 Å². The van der Waals surface area contributed by atoms with Crippen LogP contribution >= 0.6 is 12.4 Å². The predicted octanol–water partition coefficient (Wildman–Crippen LogP) is 1.11. The van der Waals surface area contributed by atoms with Crippen LogP contribution in [-0.4, -0.2) is 4.98 Å². The Bertz CT molecular complexity index is 230. The molecule has 0 saturated heterocycles. The van der Waals surface area contributed by atoms with E-state index in [-0.39, 0.29) is 18.0 Å². The molecule has 1 N–H and O–H groups in total. The number of aryl methyl sites for hydroxylation is 1. The second kappa shape index (κ2) is 3.30. The van der Waals surface area contributed by atoms with Crippen molar-refractivity contribution >= 4 is 12.4 Å². The van der Waals surface area contributed by atoms with Crippen molar-refractivity contribution in [1.82, 2.24) is 4.98 Å². The summed E-state index contributed by atoms with van der Waals surface area (Å²) in [6, 6.07) is 3.58. The number of pyridine rings is 1. The number of H-pyrrole nitrogens is 1. The van der Waals surface area contributed by atoms with Gasteiger partial charge in [0.15, 0.2) is 0 Å². The number of halogens is 1. The minimum Gasteiger partial charge on any atom is -0.329 e. The number of rotatable bonds is 0. The van der Waals surface area contributed by atoms with E-state index < -0.39 is 0 Å². The molecule has 0 saturated carbocycles. The highest BCUT2D eigenvalue weighted by atomic mass is 35.5. The van der Waals surface area contributed by atoms with Crippen molar-refractivity contribution in [1.29, 1.82) is 0 Å². The molecule has 2 nitrogen and oxygen atoms in total. The van der Waals surface area contributed by atoms with E-state index in [9.17, 15) is 4.79 Å². The minimum atomic E-state index is -0.00694. The largest absolute Gasteiger partial charge is 0.329 e. The van der Waals surface area contributed by atoms with Gasteiger partial charge in [0.1, 0.15) is 0 Å². The fourth-order valence-electron chi connectivity index (χ4n) is 0.506. The molecule has 50 valence electrons. The number of aromatic nitrogens is 1. The third-order valence-corrected chi connectivity index (χ3v) is 1.02. The zero-order valence-electron chi connectivity index (χ0n) is 5.05. The van der Waals surface area contributed by atoms with Crippen molar-refractivity contribution in [2.75, 3.05) is 0 Å². The second-order valence-electron chi connectivity index (χ2n) is 1.68. The van der Waals surface area contributed by atoms with Crippen LogP contribution < -0.4 is 5.56 Å². The average Bonchev–Trinajstić information content (AvgIpc) is 1.77. The van der Waals surface area contributed by atoms with E-state index in [1.165, 1.54) is 0 Å². The Morgan fingerprint density at radius 3 is 2.56 bits per heavy atom. The van der Waals surface area contributed by atoms with Crippen LogP contribution in [-0.2, 0) is 0 Å². The van der Waals surface area contributed by atoms with Crippen molar-refractivity contribution in [3.63, 3.8) is 0 Å². The lowest BCUT2D eigenvalue weighted by atomic mass is 10.3. The highest BCUT2D eigenvalue weighted by molar-refractivity contribution is 5.85. The molecule has 3 heteroatoms. The summed E-state index contributed by atoms with van der Waals surface area (Å²) >= 11 is 0. The Kier molecular flexibility index (Phi) is 3.02. The number of nitrogens with one attached hydrogen (secondary N) is 1. The topological polar surface area (TPSA) is 32.9 Å². The lowest BCUT2D eigenvalue weighted by Crippen LogP contribution is -2.06. The van der Waals surface area contributed by atoms with Gasteiger partial charge in [0, 0.05) is 11.8 Å². The standard InChI is InChI=1S/C6H7NO.ClH/c1-5-3-2-4-7-6(5)8;/h2-4H,1H3,(H,7,8);1H. The maximum Gasteiger partial charge on any atom is 0.250 e. The summed E-state index contributed by atoms with van der Waals surface area (Å²) in [6.07, 6.45) is 1.62. The number of hydrogen-bond acceptors (Lipinski definition) is 1. The molecule has 1 heterocycles.